The summed E-state index contributed by atoms with van der Waals surface area (Å²) < 4.78 is 11.1. The Morgan fingerprint density at radius 1 is 1.16 bits per heavy atom. The van der Waals surface area contributed by atoms with E-state index in [1.807, 2.05) is 6.07 Å². The third-order valence-electron chi connectivity index (χ3n) is 3.83. The fourth-order valence-electron chi connectivity index (χ4n) is 2.72. The summed E-state index contributed by atoms with van der Waals surface area (Å²) in [5.41, 5.74) is 1.50. The van der Waals surface area contributed by atoms with Crippen LogP contribution in [0.2, 0.25) is 0 Å². The van der Waals surface area contributed by atoms with Gasteiger partial charge in [0.05, 0.1) is 5.50 Å². The fraction of sp³-hybridized carbons (Fsp3) is 0.600. The number of piperidine rings is 1. The van der Waals surface area contributed by atoms with E-state index in [2.05, 4.69) is 17.0 Å². The van der Waals surface area contributed by atoms with Gasteiger partial charge >= 0.3 is 0 Å². The number of ether oxygens (including phenoxy) is 2. The molecule has 104 valence electrons. The normalized spacial score (nSPS) is 23.3. The van der Waals surface area contributed by atoms with Gasteiger partial charge in [-0.1, -0.05) is 6.07 Å². The molecule has 0 aliphatic carbocycles. The lowest BCUT2D eigenvalue weighted by Gasteiger charge is -2.31. The minimum Gasteiger partial charge on any atom is -0.486 e. The van der Waals surface area contributed by atoms with Crippen LogP contribution >= 0.6 is 11.6 Å². The molecule has 0 saturated carbocycles. The first-order chi connectivity index (χ1) is 9.33. The van der Waals surface area contributed by atoms with Crippen molar-refractivity contribution in [2.24, 2.45) is 0 Å². The molecule has 0 amide bonds. The predicted molar refractivity (Wildman–Crippen MR) is 76.2 cm³/mol. The molecule has 0 N–H and O–H groups in total. The van der Waals surface area contributed by atoms with Gasteiger partial charge in [0.2, 0.25) is 0 Å². The Morgan fingerprint density at radius 3 is 2.84 bits per heavy atom. The molecule has 3 rings (SSSR count). The number of benzene rings is 1. The van der Waals surface area contributed by atoms with Gasteiger partial charge in [0.25, 0.3) is 0 Å². The summed E-state index contributed by atoms with van der Waals surface area (Å²) in [5, 5.41) is 0. The Hall–Kier alpha value is -0.930. The average molecular weight is 282 g/mol. The summed E-state index contributed by atoms with van der Waals surface area (Å²) >= 11 is 6.35. The quantitative estimate of drug-likeness (QED) is 0.628. The van der Waals surface area contributed by atoms with Crippen molar-refractivity contribution < 1.29 is 9.47 Å². The zero-order valence-electron chi connectivity index (χ0n) is 11.1. The third-order valence-corrected chi connectivity index (χ3v) is 4.32. The Morgan fingerprint density at radius 2 is 2.00 bits per heavy atom. The number of hydrogen-bond acceptors (Lipinski definition) is 3. The second-order valence-electron chi connectivity index (χ2n) is 5.19. The van der Waals surface area contributed by atoms with E-state index in [0.717, 1.165) is 37.4 Å². The molecule has 0 radical (unpaired) electrons. The number of likely N-dealkylation sites (tertiary alicyclic amines) is 1. The molecule has 1 aromatic rings. The van der Waals surface area contributed by atoms with Gasteiger partial charge in [-0.15, -0.1) is 11.6 Å². The molecule has 2 aliphatic heterocycles. The molecule has 19 heavy (non-hydrogen) atoms. The van der Waals surface area contributed by atoms with Gasteiger partial charge in [-0.05, 0) is 49.9 Å². The first-order valence-electron chi connectivity index (χ1n) is 7.09. The predicted octanol–water partition coefficient (Wildman–Crippen LogP) is 3.05. The highest BCUT2D eigenvalue weighted by molar-refractivity contribution is 6.20. The average Bonchev–Trinajstić information content (AvgIpc) is 2.46. The van der Waals surface area contributed by atoms with Gasteiger partial charge < -0.3 is 9.47 Å². The summed E-state index contributed by atoms with van der Waals surface area (Å²) in [6.07, 6.45) is 4.65. The van der Waals surface area contributed by atoms with Crippen LogP contribution in [0.15, 0.2) is 18.2 Å². The van der Waals surface area contributed by atoms with Gasteiger partial charge in [-0.3, -0.25) is 4.90 Å². The summed E-state index contributed by atoms with van der Waals surface area (Å²) in [6.45, 7) is 3.44. The summed E-state index contributed by atoms with van der Waals surface area (Å²) in [4.78, 5) is 2.38. The van der Waals surface area contributed by atoms with Crippen LogP contribution in [0.25, 0.3) is 0 Å². The van der Waals surface area contributed by atoms with E-state index in [9.17, 15) is 0 Å². The smallest absolute Gasteiger partial charge is 0.161 e. The van der Waals surface area contributed by atoms with Crippen LogP contribution in [0.5, 0.6) is 11.5 Å². The Kier molecular flexibility index (Phi) is 4.14. The standard InChI is InChI=1S/C15H20ClNO2/c16-15-3-1-2-7-17(15)8-6-12-4-5-13-14(11-12)19-10-9-18-13/h4-5,11,15H,1-3,6-10H2. The van der Waals surface area contributed by atoms with Crippen molar-refractivity contribution in [1.29, 1.82) is 0 Å². The molecule has 2 heterocycles. The van der Waals surface area contributed by atoms with Crippen LogP contribution < -0.4 is 9.47 Å². The highest BCUT2D eigenvalue weighted by Gasteiger charge is 2.19. The number of fused-ring (bicyclic) bond motifs is 1. The zero-order valence-corrected chi connectivity index (χ0v) is 11.9. The largest absolute Gasteiger partial charge is 0.486 e. The highest BCUT2D eigenvalue weighted by Crippen LogP contribution is 2.31. The molecule has 1 atom stereocenters. The summed E-state index contributed by atoms with van der Waals surface area (Å²) in [6, 6.07) is 6.24. The van der Waals surface area contributed by atoms with Crippen LogP contribution in [-0.4, -0.2) is 36.7 Å². The first kappa shape index (κ1) is 13.1. The Labute approximate surface area is 119 Å². The van der Waals surface area contributed by atoms with Crippen LogP contribution in [0.1, 0.15) is 24.8 Å². The molecule has 3 nitrogen and oxygen atoms in total. The van der Waals surface area contributed by atoms with E-state index in [0.29, 0.717) is 13.2 Å². The van der Waals surface area contributed by atoms with Crippen molar-refractivity contribution in [3.8, 4) is 11.5 Å². The lowest BCUT2D eigenvalue weighted by molar-refractivity contribution is 0.171. The number of alkyl halides is 1. The lowest BCUT2D eigenvalue weighted by atomic mass is 10.1. The monoisotopic (exact) mass is 281 g/mol. The van der Waals surface area contributed by atoms with Crippen molar-refractivity contribution in [2.45, 2.75) is 31.2 Å². The van der Waals surface area contributed by atoms with Gasteiger partial charge in [0, 0.05) is 6.54 Å². The molecule has 2 aliphatic rings. The van der Waals surface area contributed by atoms with E-state index < -0.39 is 0 Å². The van der Waals surface area contributed by atoms with E-state index in [1.165, 1.54) is 18.4 Å². The van der Waals surface area contributed by atoms with Gasteiger partial charge in [-0.25, -0.2) is 0 Å². The third kappa shape index (κ3) is 3.15. The minimum atomic E-state index is 0.214. The van der Waals surface area contributed by atoms with Gasteiger partial charge in [0.1, 0.15) is 13.2 Å². The maximum absolute atomic E-state index is 6.35. The molecule has 1 aromatic carbocycles. The number of rotatable bonds is 3. The van der Waals surface area contributed by atoms with Crippen molar-refractivity contribution in [2.75, 3.05) is 26.3 Å². The number of halogens is 1. The molecule has 1 saturated heterocycles. The van der Waals surface area contributed by atoms with Gasteiger partial charge in [-0.2, -0.15) is 0 Å². The van der Waals surface area contributed by atoms with Crippen molar-refractivity contribution in [3.63, 3.8) is 0 Å². The number of nitrogens with zero attached hydrogens (tertiary/aromatic N) is 1. The molecular weight excluding hydrogens is 262 g/mol. The van der Waals surface area contributed by atoms with E-state index >= 15 is 0 Å². The van der Waals surface area contributed by atoms with Crippen LogP contribution in [0, 0.1) is 0 Å². The maximum atomic E-state index is 6.35. The van der Waals surface area contributed by atoms with E-state index in [-0.39, 0.29) is 5.50 Å². The van der Waals surface area contributed by atoms with Crippen LogP contribution in [-0.2, 0) is 6.42 Å². The molecule has 1 unspecified atom stereocenters. The fourth-order valence-corrected chi connectivity index (χ4v) is 3.07. The van der Waals surface area contributed by atoms with E-state index in [1.54, 1.807) is 0 Å². The summed E-state index contributed by atoms with van der Waals surface area (Å²) in [7, 11) is 0. The van der Waals surface area contributed by atoms with Crippen molar-refractivity contribution >= 4 is 11.6 Å². The summed E-state index contributed by atoms with van der Waals surface area (Å²) in [5.74, 6) is 1.74. The van der Waals surface area contributed by atoms with Crippen molar-refractivity contribution in [1.82, 2.24) is 4.90 Å². The second-order valence-corrected chi connectivity index (χ2v) is 5.70. The first-order valence-corrected chi connectivity index (χ1v) is 7.53. The topological polar surface area (TPSA) is 21.7 Å². The highest BCUT2D eigenvalue weighted by atomic mass is 35.5. The van der Waals surface area contributed by atoms with Crippen molar-refractivity contribution in [3.05, 3.63) is 23.8 Å². The Bertz CT molecular complexity index is 438. The molecular formula is C15H20ClNO2. The minimum absolute atomic E-state index is 0.214. The zero-order chi connectivity index (χ0) is 13.1. The molecule has 0 aromatic heterocycles. The molecule has 0 spiro atoms. The second kappa shape index (κ2) is 6.02. The van der Waals surface area contributed by atoms with Crippen LogP contribution in [0.3, 0.4) is 0 Å². The molecule has 0 bridgehead atoms. The van der Waals surface area contributed by atoms with Crippen LogP contribution in [0.4, 0.5) is 0 Å². The number of hydrogen-bond donors (Lipinski definition) is 0. The molecule has 4 heteroatoms. The maximum Gasteiger partial charge on any atom is 0.161 e. The SMILES string of the molecule is ClC1CCCCN1CCc1ccc2c(c1)OCCO2. The van der Waals surface area contributed by atoms with E-state index in [4.69, 9.17) is 21.1 Å². The lowest BCUT2D eigenvalue weighted by Crippen LogP contribution is -2.37. The molecule has 1 fully saturated rings. The Balaban J connectivity index is 1.60. The van der Waals surface area contributed by atoms with Gasteiger partial charge in [0.15, 0.2) is 11.5 Å².